The number of alkyl halides is 3. The second kappa shape index (κ2) is 13.5. The number of hydrogen-bond acceptors (Lipinski definition) is 3. The van der Waals surface area contributed by atoms with Crippen LogP contribution in [0.4, 0.5) is 13.2 Å². The average molecular weight is 677 g/mol. The summed E-state index contributed by atoms with van der Waals surface area (Å²) in [6, 6.07) is 31.1. The lowest BCUT2D eigenvalue weighted by atomic mass is 9.72. The van der Waals surface area contributed by atoms with E-state index in [2.05, 4.69) is 0 Å². The van der Waals surface area contributed by atoms with E-state index in [1.165, 1.54) is 17.0 Å². The van der Waals surface area contributed by atoms with Crippen LogP contribution in [-0.4, -0.2) is 39.6 Å². The minimum Gasteiger partial charge on any atom is -0.364 e. The number of primary amides is 1. The highest BCUT2D eigenvalue weighted by Gasteiger charge is 2.43. The summed E-state index contributed by atoms with van der Waals surface area (Å²) in [5.41, 5.74) is 7.75. The molecule has 2 N–H and O–H groups in total. The van der Waals surface area contributed by atoms with Gasteiger partial charge in [0.2, 0.25) is 12.3 Å². The van der Waals surface area contributed by atoms with E-state index in [1.54, 1.807) is 59.0 Å². The van der Waals surface area contributed by atoms with Gasteiger partial charge in [-0.2, -0.15) is 13.2 Å². The minimum atomic E-state index is -4.56. The fourth-order valence-corrected chi connectivity index (χ4v) is 6.78. The third-order valence-electron chi connectivity index (χ3n) is 9.29. The van der Waals surface area contributed by atoms with Crippen LogP contribution in [-0.2, 0) is 27.7 Å². The number of carbonyl (C=O) groups is 3. The Kier molecular flexibility index (Phi) is 9.20. The maximum atomic E-state index is 14.4. The zero-order chi connectivity index (χ0) is 35.6. The van der Waals surface area contributed by atoms with Crippen LogP contribution >= 0.6 is 0 Å². The number of carbonyl (C=O) groups excluding carboxylic acids is 3. The number of amides is 3. The molecule has 10 heteroatoms. The van der Waals surface area contributed by atoms with Gasteiger partial charge in [0.15, 0.2) is 0 Å². The lowest BCUT2D eigenvalue weighted by molar-refractivity contribution is -0.139. The standard InChI is InChI=1S/C40H35F3N4O3/c1-39(30-17-19-31(20-18-30)40(41,42)43)24-32(47-33-16-10-9-15-29(33)23-34(47)37(44)49)21-22-35(39)46(26-48)36(28-13-7-4-8-14-28)38(50)45(2)25-27-11-5-3-6-12-27/h3-23,26,36H,24-25H2,1-2H3,(H2,44,49)/t36-,39?/m0/s1. The van der Waals surface area contributed by atoms with E-state index < -0.39 is 29.1 Å². The van der Waals surface area contributed by atoms with Crippen molar-refractivity contribution in [3.8, 4) is 0 Å². The first-order chi connectivity index (χ1) is 23.9. The summed E-state index contributed by atoms with van der Waals surface area (Å²) >= 11 is 0. The molecule has 0 spiro atoms. The highest BCUT2D eigenvalue weighted by Crippen LogP contribution is 2.47. The SMILES string of the molecule is CN(Cc1ccccc1)C(=O)[C@H](c1ccccc1)N(C=O)C1=CC=C(n2c(C(N)=O)cc3ccccc32)CC1(C)c1ccc(C(F)(F)F)cc1. The van der Waals surface area contributed by atoms with Crippen molar-refractivity contribution in [3.05, 3.63) is 161 Å². The number of likely N-dealkylation sites (N-methyl/N-ethyl adjacent to an activating group) is 1. The Hall–Kier alpha value is -5.90. The van der Waals surface area contributed by atoms with E-state index in [9.17, 15) is 27.6 Å². The zero-order valence-electron chi connectivity index (χ0n) is 27.5. The van der Waals surface area contributed by atoms with Crippen molar-refractivity contribution in [2.45, 2.75) is 37.5 Å². The lowest BCUT2D eigenvalue weighted by Crippen LogP contribution is -2.45. The molecule has 3 amide bonds. The van der Waals surface area contributed by atoms with Crippen molar-refractivity contribution < 1.29 is 27.6 Å². The first-order valence-electron chi connectivity index (χ1n) is 16.0. The molecule has 0 bridgehead atoms. The van der Waals surface area contributed by atoms with Gasteiger partial charge in [0.1, 0.15) is 11.7 Å². The summed E-state index contributed by atoms with van der Waals surface area (Å²) < 4.78 is 42.8. The van der Waals surface area contributed by atoms with Gasteiger partial charge in [0.05, 0.1) is 11.1 Å². The topological polar surface area (TPSA) is 88.6 Å². The van der Waals surface area contributed by atoms with Gasteiger partial charge in [-0.15, -0.1) is 0 Å². The Bertz CT molecular complexity index is 2100. The van der Waals surface area contributed by atoms with E-state index in [1.807, 2.05) is 67.6 Å². The number of nitrogens with zero attached hydrogens (tertiary/aromatic N) is 3. The number of aromatic nitrogens is 1. The molecule has 2 atom stereocenters. The number of hydrogen-bond donors (Lipinski definition) is 1. The first-order valence-corrected chi connectivity index (χ1v) is 16.0. The Labute approximate surface area is 287 Å². The number of rotatable bonds is 10. The van der Waals surface area contributed by atoms with Crippen LogP contribution in [0.15, 0.2) is 133 Å². The second-order valence-electron chi connectivity index (χ2n) is 12.6. The molecule has 4 aromatic carbocycles. The largest absolute Gasteiger partial charge is 0.416 e. The van der Waals surface area contributed by atoms with Crippen LogP contribution in [0.1, 0.15) is 52.1 Å². The van der Waals surface area contributed by atoms with Gasteiger partial charge < -0.3 is 20.1 Å². The Morgan fingerprint density at radius 2 is 1.52 bits per heavy atom. The van der Waals surface area contributed by atoms with E-state index in [4.69, 9.17) is 5.73 Å². The predicted octanol–water partition coefficient (Wildman–Crippen LogP) is 7.70. The Morgan fingerprint density at radius 1 is 0.900 bits per heavy atom. The molecule has 1 aliphatic carbocycles. The maximum Gasteiger partial charge on any atom is 0.416 e. The van der Waals surface area contributed by atoms with Crippen molar-refractivity contribution in [1.29, 1.82) is 0 Å². The molecular formula is C40H35F3N4O3. The summed E-state index contributed by atoms with van der Waals surface area (Å²) in [7, 11) is 1.67. The quantitative estimate of drug-likeness (QED) is 0.154. The molecule has 0 saturated carbocycles. The fraction of sp³-hybridized carbons (Fsp3) is 0.175. The van der Waals surface area contributed by atoms with E-state index in [-0.39, 0.29) is 24.6 Å². The first kappa shape index (κ1) is 34.0. The van der Waals surface area contributed by atoms with Crippen LogP contribution < -0.4 is 5.73 Å². The zero-order valence-corrected chi connectivity index (χ0v) is 27.5. The Balaban J connectivity index is 1.53. The maximum absolute atomic E-state index is 14.4. The molecule has 254 valence electrons. The second-order valence-corrected chi connectivity index (χ2v) is 12.6. The number of halogens is 3. The van der Waals surface area contributed by atoms with Crippen LogP contribution in [0, 0.1) is 0 Å². The molecular weight excluding hydrogens is 641 g/mol. The molecule has 0 radical (unpaired) electrons. The number of benzene rings is 4. The van der Waals surface area contributed by atoms with Gasteiger partial charge in [-0.25, -0.2) is 0 Å². The third-order valence-corrected chi connectivity index (χ3v) is 9.29. The molecule has 50 heavy (non-hydrogen) atoms. The van der Waals surface area contributed by atoms with Crippen molar-refractivity contribution >= 4 is 34.8 Å². The van der Waals surface area contributed by atoms with Crippen molar-refractivity contribution in [1.82, 2.24) is 14.4 Å². The van der Waals surface area contributed by atoms with Gasteiger partial charge >= 0.3 is 6.18 Å². The normalized spacial score (nSPS) is 16.7. The van der Waals surface area contributed by atoms with E-state index in [0.29, 0.717) is 34.4 Å². The van der Waals surface area contributed by atoms with Gasteiger partial charge in [-0.3, -0.25) is 14.4 Å². The highest BCUT2D eigenvalue weighted by molar-refractivity contribution is 6.00. The lowest BCUT2D eigenvalue weighted by Gasteiger charge is -2.43. The van der Waals surface area contributed by atoms with Crippen molar-refractivity contribution in [2.75, 3.05) is 7.05 Å². The molecule has 0 aliphatic heterocycles. The fourth-order valence-electron chi connectivity index (χ4n) is 6.78. The average Bonchev–Trinajstić information content (AvgIpc) is 3.51. The summed E-state index contributed by atoms with van der Waals surface area (Å²) in [5.74, 6) is -1.01. The van der Waals surface area contributed by atoms with Crippen LogP contribution in [0.2, 0.25) is 0 Å². The number of fused-ring (bicyclic) bond motifs is 1. The van der Waals surface area contributed by atoms with E-state index >= 15 is 0 Å². The van der Waals surface area contributed by atoms with Crippen molar-refractivity contribution in [3.63, 3.8) is 0 Å². The molecule has 1 aromatic heterocycles. The molecule has 0 saturated heterocycles. The number of allylic oxidation sites excluding steroid dienone is 4. The van der Waals surface area contributed by atoms with Gasteiger partial charge in [-0.05, 0) is 60.0 Å². The molecule has 5 aromatic rings. The minimum absolute atomic E-state index is 0.142. The molecule has 1 unspecified atom stereocenters. The molecule has 0 fully saturated rings. The smallest absolute Gasteiger partial charge is 0.364 e. The van der Waals surface area contributed by atoms with Crippen LogP contribution in [0.25, 0.3) is 16.6 Å². The van der Waals surface area contributed by atoms with Gasteiger partial charge in [0.25, 0.3) is 5.91 Å². The summed E-state index contributed by atoms with van der Waals surface area (Å²) in [6.07, 6.45) is -0.358. The van der Waals surface area contributed by atoms with Crippen molar-refractivity contribution in [2.24, 2.45) is 5.73 Å². The third kappa shape index (κ3) is 6.44. The highest BCUT2D eigenvalue weighted by atomic mass is 19.4. The molecule has 1 aliphatic rings. The number of nitrogens with two attached hydrogens (primary N) is 1. The van der Waals surface area contributed by atoms with Gasteiger partial charge in [-0.1, -0.05) is 91.0 Å². The summed E-state index contributed by atoms with van der Waals surface area (Å²) in [5, 5.41) is 0.777. The van der Waals surface area contributed by atoms with Crippen LogP contribution in [0.3, 0.4) is 0 Å². The molecule has 1 heterocycles. The van der Waals surface area contributed by atoms with Crippen LogP contribution in [0.5, 0.6) is 0 Å². The number of para-hydroxylation sites is 1. The van der Waals surface area contributed by atoms with E-state index in [0.717, 1.165) is 23.1 Å². The molecule has 7 nitrogen and oxygen atoms in total. The van der Waals surface area contributed by atoms with Gasteiger partial charge in [0, 0.05) is 42.2 Å². The predicted molar refractivity (Wildman–Crippen MR) is 186 cm³/mol. The summed E-state index contributed by atoms with van der Waals surface area (Å²) in [4.78, 5) is 43.3. The Morgan fingerprint density at radius 3 is 2.14 bits per heavy atom. The monoisotopic (exact) mass is 676 g/mol. The summed E-state index contributed by atoms with van der Waals surface area (Å²) in [6.45, 7) is 2.10. The molecule has 6 rings (SSSR count).